The number of nitrogens with one attached hydrogen (secondary N) is 1. The molecule has 5 rings (SSSR count). The van der Waals surface area contributed by atoms with E-state index in [1.165, 1.54) is 84.8 Å². The maximum Gasteiger partial charge on any atom is 0.310 e. The summed E-state index contributed by atoms with van der Waals surface area (Å²) in [7, 11) is 5.01. The van der Waals surface area contributed by atoms with Crippen molar-refractivity contribution in [2.45, 2.75) is 46.5 Å². The first-order valence-corrected chi connectivity index (χ1v) is 20.1. The molecular formula is C46H45BrF4N4O13. The number of benzene rings is 4. The molecule has 0 unspecified atom stereocenters. The average molecular weight is 1020 g/mol. The first-order chi connectivity index (χ1) is 32.1. The zero-order valence-electron chi connectivity index (χ0n) is 37.5. The third-order valence-corrected chi connectivity index (χ3v) is 8.63. The van der Waals surface area contributed by atoms with Crippen molar-refractivity contribution in [1.29, 1.82) is 10.7 Å². The Bertz CT molecular complexity index is 2590. The van der Waals surface area contributed by atoms with Crippen molar-refractivity contribution in [3.05, 3.63) is 140 Å². The molecule has 0 saturated heterocycles. The van der Waals surface area contributed by atoms with E-state index in [0.29, 0.717) is 32.9 Å². The highest BCUT2D eigenvalue weighted by atomic mass is 79.9. The fourth-order valence-corrected chi connectivity index (χ4v) is 5.09. The van der Waals surface area contributed by atoms with Crippen LogP contribution in [-0.4, -0.2) is 91.8 Å². The molecule has 0 aliphatic carbocycles. The zero-order chi connectivity index (χ0) is 51.5. The minimum absolute atomic E-state index is 0.0321. The van der Waals surface area contributed by atoms with E-state index in [1.807, 2.05) is 0 Å². The van der Waals surface area contributed by atoms with E-state index in [1.54, 1.807) is 31.2 Å². The Morgan fingerprint density at radius 3 is 1.41 bits per heavy atom. The summed E-state index contributed by atoms with van der Waals surface area (Å²) in [6.45, 7) is 3.57. The van der Waals surface area contributed by atoms with Crippen LogP contribution >= 0.6 is 15.9 Å². The van der Waals surface area contributed by atoms with E-state index in [0.717, 1.165) is 12.1 Å². The molecule has 22 heteroatoms. The predicted molar refractivity (Wildman–Crippen MR) is 235 cm³/mol. The summed E-state index contributed by atoms with van der Waals surface area (Å²) < 4.78 is 80.6. The second-order valence-corrected chi connectivity index (χ2v) is 14.1. The summed E-state index contributed by atoms with van der Waals surface area (Å²) in [4.78, 5) is 67.3. The number of ether oxygens (including phenoxy) is 5. The number of nitriles is 1. The minimum atomic E-state index is -0.582. The number of halogens is 5. The molecule has 0 aliphatic heterocycles. The van der Waals surface area contributed by atoms with Crippen LogP contribution in [0.3, 0.4) is 0 Å². The summed E-state index contributed by atoms with van der Waals surface area (Å²) in [5, 5.41) is 28.2. The molecule has 0 bridgehead atoms. The lowest BCUT2D eigenvalue weighted by Crippen LogP contribution is -2.09. The summed E-state index contributed by atoms with van der Waals surface area (Å²) in [5.74, 6) is -4.41. The quantitative estimate of drug-likeness (QED) is 0.0464. The Morgan fingerprint density at radius 2 is 1.07 bits per heavy atom. The number of aromatic nitrogens is 2. The number of hydrogen-bond donors (Lipinski definition) is 2. The third kappa shape index (κ3) is 22.0. The summed E-state index contributed by atoms with van der Waals surface area (Å²) in [6.07, 6.45) is -0.396. The van der Waals surface area contributed by atoms with Gasteiger partial charge < -0.3 is 38.7 Å². The Labute approximate surface area is 395 Å². The number of aryl methyl sites for hydroxylation is 1. The molecule has 17 nitrogen and oxygen atoms in total. The van der Waals surface area contributed by atoms with Gasteiger partial charge in [0, 0.05) is 36.4 Å². The molecule has 1 aromatic heterocycles. The van der Waals surface area contributed by atoms with Gasteiger partial charge in [-0.3, -0.25) is 28.8 Å². The van der Waals surface area contributed by atoms with Gasteiger partial charge in [-0.15, -0.1) is 0 Å². The van der Waals surface area contributed by atoms with Crippen molar-refractivity contribution in [3.8, 4) is 17.5 Å². The van der Waals surface area contributed by atoms with E-state index in [2.05, 4.69) is 49.8 Å². The van der Waals surface area contributed by atoms with Gasteiger partial charge in [-0.05, 0) is 58.7 Å². The smallest absolute Gasteiger partial charge is 0.310 e. The molecule has 0 fully saturated rings. The van der Waals surface area contributed by atoms with Gasteiger partial charge in [-0.1, -0.05) is 57.5 Å². The second kappa shape index (κ2) is 30.5. The first kappa shape index (κ1) is 58.4. The largest absolute Gasteiger partial charge is 0.469 e. The molecule has 0 atom stereocenters. The van der Waals surface area contributed by atoms with Gasteiger partial charge in [0.05, 0.1) is 78.1 Å². The van der Waals surface area contributed by atoms with Crippen LogP contribution < -0.4 is 0 Å². The number of methoxy groups -OCH3 is 4. The van der Waals surface area contributed by atoms with Crippen molar-refractivity contribution in [2.75, 3.05) is 35.0 Å². The van der Waals surface area contributed by atoms with Crippen molar-refractivity contribution < 1.29 is 79.6 Å². The van der Waals surface area contributed by atoms with E-state index >= 15 is 0 Å². The fraction of sp³-hybridized carbons (Fsp3) is 0.261. The van der Waals surface area contributed by atoms with Crippen molar-refractivity contribution in [1.82, 2.24) is 10.1 Å². The van der Waals surface area contributed by atoms with Crippen LogP contribution in [0.2, 0.25) is 0 Å². The van der Waals surface area contributed by atoms with Crippen LogP contribution in [-0.2, 0) is 78.1 Å². The lowest BCUT2D eigenvalue weighted by molar-refractivity contribution is -0.156. The third-order valence-electron chi connectivity index (χ3n) is 8.13. The standard InChI is InChI=1S/C12H11FN2O3.C11H12FNO3.C10H8FNO2.C9H8BrFO2.C4H6O3/c1-7-14-12(15-18-7)9-4-3-8(10(13)5-9)6-11(16)17-2;1-16-11(15)5-7-2-3-8(4-9(7)12)10(13)6-14;1-14-10(13)5-8-3-2-7(6-12)4-9(8)11;1-13-9(12)4-6-2-3-7(10)5-8(6)11;1-3(5)7-4(2)6/h3-5H,6H2,1-2H3;2-4,13-14H,5-6H2,1H3;2-4H,5H2,1H3;2-3,5H,4H2,1H3;1-2H3. The molecule has 0 amide bonds. The number of rotatable bonds is 11. The van der Waals surface area contributed by atoms with Gasteiger partial charge in [0.25, 0.3) is 0 Å². The predicted octanol–water partition coefficient (Wildman–Crippen LogP) is 6.61. The molecule has 5 aromatic rings. The Morgan fingerprint density at radius 1 is 0.662 bits per heavy atom. The number of carbonyl (C=O) groups excluding carboxylic acids is 6. The summed E-state index contributed by atoms with van der Waals surface area (Å²) in [6, 6.07) is 18.7. The monoisotopic (exact) mass is 1020 g/mol. The molecule has 0 saturated carbocycles. The van der Waals surface area contributed by atoms with Crippen LogP contribution in [0.1, 0.15) is 53.1 Å². The molecule has 0 radical (unpaired) electrons. The maximum absolute atomic E-state index is 13.7. The molecule has 0 spiro atoms. The number of aliphatic hydroxyl groups is 1. The Hall–Kier alpha value is -7.64. The Balaban J connectivity index is 0.000000436. The molecule has 68 heavy (non-hydrogen) atoms. The highest BCUT2D eigenvalue weighted by Crippen LogP contribution is 2.20. The number of esters is 6. The van der Waals surface area contributed by atoms with Gasteiger partial charge in [-0.25, -0.2) is 17.6 Å². The molecule has 4 aromatic carbocycles. The van der Waals surface area contributed by atoms with Crippen LogP contribution in [0.4, 0.5) is 17.6 Å². The number of hydrogen-bond acceptors (Lipinski definition) is 17. The number of carbonyl (C=O) groups is 6. The van der Waals surface area contributed by atoms with Gasteiger partial charge in [0.2, 0.25) is 11.7 Å². The highest BCUT2D eigenvalue weighted by molar-refractivity contribution is 9.10. The SMILES string of the molecule is CC(=O)OC(C)=O.COC(=O)Cc1ccc(-c2noc(C)n2)cc1F.COC(=O)Cc1ccc(Br)cc1F.COC(=O)Cc1ccc(C#N)cc1F.COC(=O)Cc1ccc(C(=N)CO)cc1F. The van der Waals surface area contributed by atoms with E-state index < -0.39 is 65.7 Å². The van der Waals surface area contributed by atoms with E-state index in [9.17, 15) is 46.3 Å². The Kier molecular flexibility index (Phi) is 26.2. The molecule has 362 valence electrons. The van der Waals surface area contributed by atoms with Crippen LogP contribution in [0.5, 0.6) is 0 Å². The van der Waals surface area contributed by atoms with Gasteiger partial charge >= 0.3 is 35.8 Å². The minimum Gasteiger partial charge on any atom is -0.469 e. The van der Waals surface area contributed by atoms with Crippen molar-refractivity contribution in [2.24, 2.45) is 0 Å². The van der Waals surface area contributed by atoms with Crippen LogP contribution in [0.15, 0.2) is 81.8 Å². The highest BCUT2D eigenvalue weighted by Gasteiger charge is 2.14. The second-order valence-electron chi connectivity index (χ2n) is 13.1. The fourth-order valence-electron chi connectivity index (χ4n) is 4.75. The van der Waals surface area contributed by atoms with Crippen molar-refractivity contribution in [3.63, 3.8) is 0 Å². The maximum atomic E-state index is 13.7. The molecule has 0 aliphatic rings. The van der Waals surface area contributed by atoms with Crippen LogP contribution in [0, 0.1) is 46.9 Å². The number of aliphatic hydroxyl groups excluding tert-OH is 1. The average Bonchev–Trinajstić information content (AvgIpc) is 3.75. The first-order valence-electron chi connectivity index (χ1n) is 19.3. The summed E-state index contributed by atoms with van der Waals surface area (Å²) >= 11 is 3.12. The lowest BCUT2D eigenvalue weighted by Gasteiger charge is -2.05. The topological polar surface area (TPSA) is 255 Å². The lowest BCUT2D eigenvalue weighted by atomic mass is 10.1. The zero-order valence-corrected chi connectivity index (χ0v) is 39.1. The molecule has 1 heterocycles. The van der Waals surface area contributed by atoms with E-state index in [4.69, 9.17) is 20.3 Å². The van der Waals surface area contributed by atoms with Gasteiger partial charge in [0.15, 0.2) is 0 Å². The number of nitrogens with zero attached hydrogens (tertiary/aromatic N) is 3. The summed E-state index contributed by atoms with van der Waals surface area (Å²) in [5.41, 5.74) is 2.02. The van der Waals surface area contributed by atoms with Crippen LogP contribution in [0.25, 0.3) is 11.4 Å². The van der Waals surface area contributed by atoms with Gasteiger partial charge in [-0.2, -0.15) is 10.2 Å². The normalized spacial score (nSPS) is 9.65. The molecule has 2 N–H and O–H groups in total. The van der Waals surface area contributed by atoms with Crippen molar-refractivity contribution >= 4 is 57.5 Å². The van der Waals surface area contributed by atoms with Gasteiger partial charge in [0.1, 0.15) is 23.3 Å². The van der Waals surface area contributed by atoms with E-state index in [-0.39, 0.29) is 53.6 Å². The molecular weight excluding hydrogens is 972 g/mol.